The summed E-state index contributed by atoms with van der Waals surface area (Å²) < 4.78 is 0.997. The van der Waals surface area contributed by atoms with E-state index in [1.54, 1.807) is 0 Å². The zero-order chi connectivity index (χ0) is 12.7. The van der Waals surface area contributed by atoms with Crippen LogP contribution in [0.2, 0.25) is 0 Å². The molecule has 0 unspecified atom stereocenters. The summed E-state index contributed by atoms with van der Waals surface area (Å²) in [4.78, 5) is 0. The first kappa shape index (κ1) is 13.7. The monoisotopic (exact) mass is 230 g/mol. The van der Waals surface area contributed by atoms with Crippen molar-refractivity contribution in [1.82, 2.24) is 0 Å². The Labute approximate surface area is 106 Å². The lowest BCUT2D eigenvalue weighted by atomic mass is 10.1. The standard InChI is InChI=1S/C16H24N/c1-5-12-17(13-6-2,15(3)4)14-16-10-8-7-9-11-16/h5-11,15H,1-2,12-14H2,3-4H3/q+1. The van der Waals surface area contributed by atoms with Crippen molar-refractivity contribution < 1.29 is 4.48 Å². The molecule has 0 radical (unpaired) electrons. The van der Waals surface area contributed by atoms with Gasteiger partial charge in [0, 0.05) is 5.56 Å². The summed E-state index contributed by atoms with van der Waals surface area (Å²) in [5.74, 6) is 0. The highest BCUT2D eigenvalue weighted by Gasteiger charge is 2.28. The second-order valence-corrected chi connectivity index (χ2v) is 4.90. The van der Waals surface area contributed by atoms with Crippen LogP contribution in [0.25, 0.3) is 0 Å². The van der Waals surface area contributed by atoms with E-state index in [1.165, 1.54) is 5.56 Å². The lowest BCUT2D eigenvalue weighted by Crippen LogP contribution is -2.52. The van der Waals surface area contributed by atoms with Crippen LogP contribution in [0.3, 0.4) is 0 Å². The van der Waals surface area contributed by atoms with Crippen molar-refractivity contribution in [3.05, 3.63) is 61.2 Å². The van der Waals surface area contributed by atoms with Crippen LogP contribution < -0.4 is 0 Å². The summed E-state index contributed by atoms with van der Waals surface area (Å²) in [5.41, 5.74) is 1.38. The molecule has 1 nitrogen and oxygen atoms in total. The predicted molar refractivity (Wildman–Crippen MR) is 75.7 cm³/mol. The highest BCUT2D eigenvalue weighted by Crippen LogP contribution is 2.19. The third kappa shape index (κ3) is 3.57. The number of hydrogen-bond donors (Lipinski definition) is 0. The molecule has 17 heavy (non-hydrogen) atoms. The lowest BCUT2D eigenvalue weighted by molar-refractivity contribution is -0.950. The minimum absolute atomic E-state index is 0.561. The molecular formula is C16H24N+. The normalized spacial score (nSPS) is 11.5. The Bertz CT molecular complexity index is 341. The molecule has 0 atom stereocenters. The summed E-state index contributed by atoms with van der Waals surface area (Å²) in [5, 5.41) is 0. The van der Waals surface area contributed by atoms with Crippen LogP contribution in [-0.4, -0.2) is 23.6 Å². The number of nitrogens with zero attached hydrogens (tertiary/aromatic N) is 1. The van der Waals surface area contributed by atoms with E-state index >= 15 is 0 Å². The second-order valence-electron chi connectivity index (χ2n) is 4.90. The van der Waals surface area contributed by atoms with Crippen LogP contribution in [0.5, 0.6) is 0 Å². The third-order valence-corrected chi connectivity index (χ3v) is 3.42. The summed E-state index contributed by atoms with van der Waals surface area (Å²) >= 11 is 0. The van der Waals surface area contributed by atoms with Gasteiger partial charge < -0.3 is 4.48 Å². The van der Waals surface area contributed by atoms with E-state index in [-0.39, 0.29) is 0 Å². The zero-order valence-corrected chi connectivity index (χ0v) is 11.1. The molecule has 0 aliphatic heterocycles. The van der Waals surface area contributed by atoms with Gasteiger partial charge in [-0.25, -0.2) is 0 Å². The van der Waals surface area contributed by atoms with Crippen LogP contribution in [0.15, 0.2) is 55.6 Å². The SMILES string of the molecule is C=CC[N+](CC=C)(Cc1ccccc1)C(C)C. The Hall–Kier alpha value is -1.34. The fourth-order valence-corrected chi connectivity index (χ4v) is 2.27. The molecule has 1 heteroatoms. The quantitative estimate of drug-likeness (QED) is 0.494. The van der Waals surface area contributed by atoms with Gasteiger partial charge in [-0.3, -0.25) is 0 Å². The van der Waals surface area contributed by atoms with Gasteiger partial charge in [-0.15, -0.1) is 0 Å². The number of rotatable bonds is 7. The Balaban J connectivity index is 2.96. The van der Waals surface area contributed by atoms with Crippen molar-refractivity contribution in [1.29, 1.82) is 0 Å². The van der Waals surface area contributed by atoms with Crippen molar-refractivity contribution in [3.8, 4) is 0 Å². The first-order valence-electron chi connectivity index (χ1n) is 6.26. The van der Waals surface area contributed by atoms with E-state index in [9.17, 15) is 0 Å². The first-order valence-corrected chi connectivity index (χ1v) is 6.26. The lowest BCUT2D eigenvalue weighted by Gasteiger charge is -2.41. The molecule has 1 aromatic rings. The molecule has 0 N–H and O–H groups in total. The molecule has 1 aromatic carbocycles. The van der Waals surface area contributed by atoms with Crippen molar-refractivity contribution in [2.24, 2.45) is 0 Å². The number of benzene rings is 1. The van der Waals surface area contributed by atoms with Crippen LogP contribution in [0.4, 0.5) is 0 Å². The van der Waals surface area contributed by atoms with Gasteiger partial charge in [0.2, 0.25) is 0 Å². The highest BCUT2D eigenvalue weighted by atomic mass is 15.4. The van der Waals surface area contributed by atoms with E-state index in [0.717, 1.165) is 24.1 Å². The molecule has 0 aliphatic rings. The maximum Gasteiger partial charge on any atom is 0.105 e. The maximum atomic E-state index is 3.90. The molecule has 0 fully saturated rings. The predicted octanol–water partition coefficient (Wildman–Crippen LogP) is 3.78. The van der Waals surface area contributed by atoms with Crippen molar-refractivity contribution in [2.45, 2.75) is 26.4 Å². The zero-order valence-electron chi connectivity index (χ0n) is 11.1. The van der Waals surface area contributed by atoms with Crippen molar-refractivity contribution in [3.63, 3.8) is 0 Å². The van der Waals surface area contributed by atoms with Gasteiger partial charge in [0.1, 0.15) is 6.54 Å². The molecule has 0 saturated carbocycles. The Morgan fingerprint density at radius 2 is 1.59 bits per heavy atom. The van der Waals surface area contributed by atoms with Gasteiger partial charge in [0.05, 0.1) is 19.1 Å². The van der Waals surface area contributed by atoms with Crippen LogP contribution in [-0.2, 0) is 6.54 Å². The molecule has 0 bridgehead atoms. The van der Waals surface area contributed by atoms with Gasteiger partial charge in [0.15, 0.2) is 0 Å². The van der Waals surface area contributed by atoms with Crippen molar-refractivity contribution in [2.75, 3.05) is 13.1 Å². The fraction of sp³-hybridized carbons (Fsp3) is 0.375. The van der Waals surface area contributed by atoms with E-state index in [2.05, 4.69) is 57.3 Å². The average molecular weight is 230 g/mol. The molecule has 1 rings (SSSR count). The Kier molecular flexibility index (Phi) is 5.17. The topological polar surface area (TPSA) is 0 Å². The average Bonchev–Trinajstić information content (AvgIpc) is 2.30. The summed E-state index contributed by atoms with van der Waals surface area (Å²) in [7, 11) is 0. The number of hydrogen-bond acceptors (Lipinski definition) is 0. The minimum Gasteiger partial charge on any atom is -0.311 e. The molecule has 0 aromatic heterocycles. The molecule has 0 aliphatic carbocycles. The van der Waals surface area contributed by atoms with Crippen molar-refractivity contribution >= 4 is 0 Å². The molecule has 0 spiro atoms. The molecular weight excluding hydrogens is 206 g/mol. The van der Waals surface area contributed by atoms with Gasteiger partial charge >= 0.3 is 0 Å². The summed E-state index contributed by atoms with van der Waals surface area (Å²) in [6.45, 7) is 15.4. The molecule has 92 valence electrons. The second kappa shape index (κ2) is 6.41. The van der Waals surface area contributed by atoms with Gasteiger partial charge in [0.25, 0.3) is 0 Å². The van der Waals surface area contributed by atoms with E-state index < -0.39 is 0 Å². The van der Waals surface area contributed by atoms with Crippen LogP contribution in [0.1, 0.15) is 19.4 Å². The van der Waals surface area contributed by atoms with E-state index in [0.29, 0.717) is 6.04 Å². The minimum atomic E-state index is 0.561. The Morgan fingerprint density at radius 3 is 2.00 bits per heavy atom. The Morgan fingerprint density at radius 1 is 1.06 bits per heavy atom. The first-order chi connectivity index (χ1) is 8.14. The summed E-state index contributed by atoms with van der Waals surface area (Å²) in [6.07, 6.45) is 4.04. The summed E-state index contributed by atoms with van der Waals surface area (Å²) in [6, 6.07) is 11.2. The molecule has 0 heterocycles. The number of quaternary nitrogens is 1. The van der Waals surface area contributed by atoms with Gasteiger partial charge in [-0.1, -0.05) is 43.5 Å². The van der Waals surface area contributed by atoms with Crippen LogP contribution in [0, 0.1) is 0 Å². The third-order valence-electron chi connectivity index (χ3n) is 3.42. The van der Waals surface area contributed by atoms with Gasteiger partial charge in [-0.2, -0.15) is 0 Å². The largest absolute Gasteiger partial charge is 0.311 e. The molecule has 0 amide bonds. The van der Waals surface area contributed by atoms with E-state index in [4.69, 9.17) is 0 Å². The molecule has 0 saturated heterocycles. The smallest absolute Gasteiger partial charge is 0.105 e. The van der Waals surface area contributed by atoms with E-state index in [1.807, 2.05) is 12.2 Å². The van der Waals surface area contributed by atoms with Crippen LogP contribution >= 0.6 is 0 Å². The fourth-order valence-electron chi connectivity index (χ4n) is 2.27. The maximum absolute atomic E-state index is 3.90. The van der Waals surface area contributed by atoms with Gasteiger partial charge in [-0.05, 0) is 26.0 Å². The highest BCUT2D eigenvalue weighted by molar-refractivity contribution is 5.13.